The molecule has 15 heavy (non-hydrogen) atoms. The molecule has 2 atom stereocenters. The molecule has 0 aromatic rings. The van der Waals surface area contributed by atoms with E-state index in [1.807, 2.05) is 6.92 Å². The fraction of sp³-hybridized carbons (Fsp3) is 0.917. The van der Waals surface area contributed by atoms with E-state index in [1.54, 1.807) is 0 Å². The lowest BCUT2D eigenvalue weighted by atomic mass is 9.82. The van der Waals surface area contributed by atoms with E-state index in [-0.39, 0.29) is 12.1 Å². The maximum Gasteiger partial charge on any atom is 0.320 e. The van der Waals surface area contributed by atoms with Crippen LogP contribution in [-0.2, 0) is 9.53 Å². The van der Waals surface area contributed by atoms with E-state index in [1.165, 1.54) is 6.42 Å². The summed E-state index contributed by atoms with van der Waals surface area (Å²) >= 11 is 0. The Bertz CT molecular complexity index is 196. The van der Waals surface area contributed by atoms with Crippen LogP contribution in [0, 0.1) is 11.8 Å². The van der Waals surface area contributed by atoms with Crippen molar-refractivity contribution in [3.63, 3.8) is 0 Å². The lowest BCUT2D eigenvalue weighted by Gasteiger charge is -2.31. The molecule has 0 bridgehead atoms. The Hall–Kier alpha value is -0.570. The van der Waals surface area contributed by atoms with Crippen LogP contribution in [-0.4, -0.2) is 25.2 Å². The van der Waals surface area contributed by atoms with Crippen molar-refractivity contribution in [2.24, 2.45) is 11.8 Å². The summed E-state index contributed by atoms with van der Waals surface area (Å²) in [6.45, 7) is 7.61. The first-order valence-electron chi connectivity index (χ1n) is 6.02. The molecule has 0 saturated heterocycles. The predicted molar refractivity (Wildman–Crippen MR) is 60.6 cm³/mol. The van der Waals surface area contributed by atoms with E-state index in [0.717, 1.165) is 19.4 Å². The molecule has 1 aliphatic rings. The molecule has 3 nitrogen and oxygen atoms in total. The number of hydrogen-bond acceptors (Lipinski definition) is 3. The lowest BCUT2D eigenvalue weighted by molar-refractivity contribution is -0.150. The summed E-state index contributed by atoms with van der Waals surface area (Å²) in [6.07, 6.45) is 3.47. The standard InChI is InChI=1S/C12H23NO2/c1-4-13-8-12(14)15-11-6-9(2)5-10(3)7-11/h9-11,13H,4-8H2,1-3H3. The number of rotatable bonds is 4. The molecule has 88 valence electrons. The molecule has 1 aliphatic carbocycles. The number of carbonyl (C=O) groups is 1. The van der Waals surface area contributed by atoms with Crippen molar-refractivity contribution in [1.29, 1.82) is 0 Å². The maximum atomic E-state index is 11.4. The van der Waals surface area contributed by atoms with Crippen LogP contribution in [0.1, 0.15) is 40.0 Å². The Morgan fingerprint density at radius 1 is 1.27 bits per heavy atom. The van der Waals surface area contributed by atoms with Crippen LogP contribution in [0.5, 0.6) is 0 Å². The van der Waals surface area contributed by atoms with E-state index < -0.39 is 0 Å². The zero-order valence-corrected chi connectivity index (χ0v) is 10.1. The van der Waals surface area contributed by atoms with Gasteiger partial charge in [-0.2, -0.15) is 0 Å². The van der Waals surface area contributed by atoms with Crippen molar-refractivity contribution >= 4 is 5.97 Å². The van der Waals surface area contributed by atoms with Crippen LogP contribution in [0.2, 0.25) is 0 Å². The fourth-order valence-electron chi connectivity index (χ4n) is 2.42. The highest BCUT2D eigenvalue weighted by Crippen LogP contribution is 2.30. The maximum absolute atomic E-state index is 11.4. The van der Waals surface area contributed by atoms with Gasteiger partial charge in [0, 0.05) is 0 Å². The minimum Gasteiger partial charge on any atom is -0.461 e. The van der Waals surface area contributed by atoms with E-state index in [0.29, 0.717) is 18.4 Å². The fourth-order valence-corrected chi connectivity index (χ4v) is 2.42. The van der Waals surface area contributed by atoms with Gasteiger partial charge >= 0.3 is 5.97 Å². The van der Waals surface area contributed by atoms with Gasteiger partial charge in [-0.1, -0.05) is 20.8 Å². The van der Waals surface area contributed by atoms with Gasteiger partial charge in [-0.15, -0.1) is 0 Å². The normalized spacial score (nSPS) is 31.3. The smallest absolute Gasteiger partial charge is 0.320 e. The molecule has 2 unspecified atom stereocenters. The Morgan fingerprint density at radius 3 is 2.40 bits per heavy atom. The van der Waals surface area contributed by atoms with Crippen LogP contribution in [0.15, 0.2) is 0 Å². The largest absolute Gasteiger partial charge is 0.461 e. The van der Waals surface area contributed by atoms with E-state index in [2.05, 4.69) is 19.2 Å². The summed E-state index contributed by atoms with van der Waals surface area (Å²) in [4.78, 5) is 11.4. The average Bonchev–Trinajstić information content (AvgIpc) is 2.13. The topological polar surface area (TPSA) is 38.3 Å². The molecular weight excluding hydrogens is 190 g/mol. The van der Waals surface area contributed by atoms with Gasteiger partial charge in [-0.05, 0) is 37.6 Å². The van der Waals surface area contributed by atoms with Gasteiger partial charge < -0.3 is 10.1 Å². The Labute approximate surface area is 92.6 Å². The SMILES string of the molecule is CCNCC(=O)OC1CC(C)CC(C)C1. The molecular formula is C12H23NO2. The van der Waals surface area contributed by atoms with Crippen molar-refractivity contribution < 1.29 is 9.53 Å². The molecule has 0 aliphatic heterocycles. The Morgan fingerprint density at radius 2 is 1.87 bits per heavy atom. The molecule has 1 rings (SSSR count). The van der Waals surface area contributed by atoms with E-state index >= 15 is 0 Å². The predicted octanol–water partition coefficient (Wildman–Crippen LogP) is 1.96. The minimum absolute atomic E-state index is 0.108. The molecule has 3 heteroatoms. The van der Waals surface area contributed by atoms with Crippen LogP contribution in [0.25, 0.3) is 0 Å². The highest BCUT2D eigenvalue weighted by Gasteiger charge is 2.26. The van der Waals surface area contributed by atoms with Gasteiger partial charge in [-0.3, -0.25) is 4.79 Å². The van der Waals surface area contributed by atoms with Gasteiger partial charge in [0.2, 0.25) is 0 Å². The summed E-state index contributed by atoms with van der Waals surface area (Å²) in [5.74, 6) is 1.26. The molecule has 1 saturated carbocycles. The molecule has 0 heterocycles. The molecule has 0 amide bonds. The summed E-state index contributed by atoms with van der Waals surface area (Å²) < 4.78 is 5.43. The third-order valence-electron chi connectivity index (χ3n) is 2.95. The number of carbonyl (C=O) groups excluding carboxylic acids is 1. The molecule has 0 aromatic carbocycles. The van der Waals surface area contributed by atoms with Gasteiger partial charge in [0.15, 0.2) is 0 Å². The first-order valence-corrected chi connectivity index (χ1v) is 6.02. The number of ether oxygens (including phenoxy) is 1. The van der Waals surface area contributed by atoms with E-state index in [4.69, 9.17) is 4.74 Å². The van der Waals surface area contributed by atoms with Crippen LogP contribution < -0.4 is 5.32 Å². The summed E-state index contributed by atoms with van der Waals surface area (Å²) in [6, 6.07) is 0. The van der Waals surface area contributed by atoms with Crippen molar-refractivity contribution in [2.75, 3.05) is 13.1 Å². The second-order valence-electron chi connectivity index (χ2n) is 4.81. The van der Waals surface area contributed by atoms with Crippen molar-refractivity contribution in [3.8, 4) is 0 Å². The molecule has 0 radical (unpaired) electrons. The second-order valence-corrected chi connectivity index (χ2v) is 4.81. The quantitative estimate of drug-likeness (QED) is 0.726. The van der Waals surface area contributed by atoms with Crippen LogP contribution in [0.4, 0.5) is 0 Å². The van der Waals surface area contributed by atoms with Crippen molar-refractivity contribution in [1.82, 2.24) is 5.32 Å². The summed E-state index contributed by atoms with van der Waals surface area (Å²) in [5.41, 5.74) is 0. The summed E-state index contributed by atoms with van der Waals surface area (Å²) in [7, 11) is 0. The first-order chi connectivity index (χ1) is 7.11. The lowest BCUT2D eigenvalue weighted by Crippen LogP contribution is -2.32. The van der Waals surface area contributed by atoms with Gasteiger partial charge in [-0.25, -0.2) is 0 Å². The minimum atomic E-state index is -0.108. The van der Waals surface area contributed by atoms with Gasteiger partial charge in [0.05, 0.1) is 6.54 Å². The van der Waals surface area contributed by atoms with Crippen LogP contribution >= 0.6 is 0 Å². The van der Waals surface area contributed by atoms with Crippen molar-refractivity contribution in [2.45, 2.75) is 46.1 Å². The Balaban J connectivity index is 2.27. The third-order valence-corrected chi connectivity index (χ3v) is 2.95. The monoisotopic (exact) mass is 213 g/mol. The highest BCUT2D eigenvalue weighted by molar-refractivity contribution is 5.71. The van der Waals surface area contributed by atoms with Gasteiger partial charge in [0.1, 0.15) is 6.10 Å². The van der Waals surface area contributed by atoms with Crippen molar-refractivity contribution in [3.05, 3.63) is 0 Å². The summed E-state index contributed by atoms with van der Waals surface area (Å²) in [5, 5.41) is 2.99. The average molecular weight is 213 g/mol. The molecule has 0 spiro atoms. The number of likely N-dealkylation sites (N-methyl/N-ethyl adjacent to an activating group) is 1. The molecule has 1 fully saturated rings. The van der Waals surface area contributed by atoms with Gasteiger partial charge in [0.25, 0.3) is 0 Å². The van der Waals surface area contributed by atoms with E-state index in [9.17, 15) is 4.79 Å². The zero-order valence-electron chi connectivity index (χ0n) is 10.1. The molecule has 0 aromatic heterocycles. The zero-order chi connectivity index (χ0) is 11.3. The van der Waals surface area contributed by atoms with Crippen LogP contribution in [0.3, 0.4) is 0 Å². The highest BCUT2D eigenvalue weighted by atomic mass is 16.5. The number of esters is 1. The number of hydrogen-bond donors (Lipinski definition) is 1. The number of nitrogens with one attached hydrogen (secondary N) is 1. The first kappa shape index (κ1) is 12.5. The second kappa shape index (κ2) is 6.11. The molecule has 1 N–H and O–H groups in total. The third kappa shape index (κ3) is 4.65. The Kier molecular flexibility index (Phi) is 5.09.